The molecule has 0 unspecified atom stereocenters. The number of carbonyl (C=O) groups excluding carboxylic acids is 1. The van der Waals surface area contributed by atoms with Gasteiger partial charge in [-0.15, -0.1) is 0 Å². The molecule has 0 aliphatic carbocycles. The highest BCUT2D eigenvalue weighted by Crippen LogP contribution is 2.27. The molecule has 0 amide bonds. The number of rotatable bonds is 7. The fourth-order valence-electron chi connectivity index (χ4n) is 2.93. The van der Waals surface area contributed by atoms with Crippen LogP contribution >= 0.6 is 11.6 Å². The van der Waals surface area contributed by atoms with Gasteiger partial charge in [-0.2, -0.15) is 4.31 Å². The van der Waals surface area contributed by atoms with Crippen LogP contribution in [0.5, 0.6) is 0 Å². The number of hydrogen-bond acceptors (Lipinski definition) is 7. The van der Waals surface area contributed by atoms with Crippen LogP contribution in [0.2, 0.25) is 5.02 Å². The summed E-state index contributed by atoms with van der Waals surface area (Å²) in [4.78, 5) is 26.8. The topological polar surface area (TPSA) is 119 Å². The van der Waals surface area contributed by atoms with E-state index in [1.807, 2.05) is 0 Å². The second-order valence-electron chi connectivity index (χ2n) is 6.42. The third-order valence-electron chi connectivity index (χ3n) is 4.54. The Morgan fingerprint density at radius 2 is 1.81 bits per heavy atom. The number of carbonyl (C=O) groups is 1. The predicted molar refractivity (Wildman–Crippen MR) is 115 cm³/mol. The zero-order valence-electron chi connectivity index (χ0n) is 16.6. The molecule has 0 saturated heterocycles. The van der Waals surface area contributed by atoms with Crippen molar-refractivity contribution in [1.29, 1.82) is 0 Å². The van der Waals surface area contributed by atoms with E-state index in [4.69, 9.17) is 16.3 Å². The number of esters is 1. The van der Waals surface area contributed by atoms with E-state index < -0.39 is 20.9 Å². The van der Waals surface area contributed by atoms with Crippen LogP contribution < -0.4 is 0 Å². The van der Waals surface area contributed by atoms with E-state index in [-0.39, 0.29) is 27.2 Å². The summed E-state index contributed by atoms with van der Waals surface area (Å²) in [5.74, 6) is -0.723. The molecule has 11 heteroatoms. The molecule has 1 aliphatic heterocycles. The lowest BCUT2D eigenvalue weighted by Gasteiger charge is -2.18. The lowest BCUT2D eigenvalue weighted by atomic mass is 10.1. The zero-order chi connectivity index (χ0) is 22.8. The minimum Gasteiger partial charge on any atom is -0.402 e. The van der Waals surface area contributed by atoms with E-state index in [0.29, 0.717) is 24.2 Å². The summed E-state index contributed by atoms with van der Waals surface area (Å²) >= 11 is 5.80. The molecule has 31 heavy (non-hydrogen) atoms. The fraction of sp³-hybridized carbons (Fsp3) is 0.200. The Balaban J connectivity index is 1.89. The number of halogens is 1. The van der Waals surface area contributed by atoms with Gasteiger partial charge in [0, 0.05) is 24.7 Å². The Labute approximate surface area is 183 Å². The Bertz CT molecular complexity index is 1200. The molecule has 0 atom stereocenters. The van der Waals surface area contributed by atoms with Crippen LogP contribution in [0.4, 0.5) is 5.69 Å². The van der Waals surface area contributed by atoms with Crippen molar-refractivity contribution in [2.24, 2.45) is 4.99 Å². The second kappa shape index (κ2) is 8.96. The minimum atomic E-state index is -3.61. The van der Waals surface area contributed by atoms with E-state index >= 15 is 0 Å². The quantitative estimate of drug-likeness (QED) is 0.267. The number of cyclic esters (lactones) is 1. The second-order valence-corrected chi connectivity index (χ2v) is 8.76. The lowest BCUT2D eigenvalue weighted by Crippen LogP contribution is -2.30. The van der Waals surface area contributed by atoms with E-state index in [9.17, 15) is 23.3 Å². The van der Waals surface area contributed by atoms with Gasteiger partial charge in [0.05, 0.1) is 9.82 Å². The molecular weight excluding hydrogens is 446 g/mol. The Hall–Kier alpha value is -3.08. The van der Waals surface area contributed by atoms with Crippen molar-refractivity contribution in [3.05, 3.63) is 74.4 Å². The van der Waals surface area contributed by atoms with Crippen molar-refractivity contribution in [1.82, 2.24) is 4.31 Å². The van der Waals surface area contributed by atoms with Gasteiger partial charge < -0.3 is 4.74 Å². The normalized spacial score (nSPS) is 15.3. The first kappa shape index (κ1) is 22.6. The van der Waals surface area contributed by atoms with Crippen molar-refractivity contribution < 1.29 is 22.9 Å². The molecule has 2 aromatic rings. The third-order valence-corrected chi connectivity index (χ3v) is 6.92. The van der Waals surface area contributed by atoms with Crippen LogP contribution in [0.3, 0.4) is 0 Å². The molecule has 0 fully saturated rings. The molecule has 0 spiro atoms. The number of nitrogens with zero attached hydrogens (tertiary/aromatic N) is 3. The molecule has 9 nitrogen and oxygen atoms in total. The van der Waals surface area contributed by atoms with Crippen LogP contribution in [0.1, 0.15) is 25.0 Å². The van der Waals surface area contributed by atoms with Gasteiger partial charge in [0.25, 0.3) is 5.69 Å². The average molecular weight is 464 g/mol. The van der Waals surface area contributed by atoms with Gasteiger partial charge in [0.2, 0.25) is 15.9 Å². The van der Waals surface area contributed by atoms with Crippen molar-refractivity contribution in [3.63, 3.8) is 0 Å². The first-order valence-electron chi connectivity index (χ1n) is 9.24. The smallest absolute Gasteiger partial charge is 0.363 e. The maximum Gasteiger partial charge on any atom is 0.363 e. The van der Waals surface area contributed by atoms with Crippen LogP contribution in [0.25, 0.3) is 6.08 Å². The molecule has 0 aromatic heterocycles. The number of nitro benzene ring substituents is 1. The predicted octanol–water partition coefficient (Wildman–Crippen LogP) is 3.62. The molecule has 0 radical (unpaired) electrons. The van der Waals surface area contributed by atoms with Gasteiger partial charge in [-0.25, -0.2) is 18.2 Å². The summed E-state index contributed by atoms with van der Waals surface area (Å²) in [6.07, 6.45) is 1.35. The van der Waals surface area contributed by atoms with Gasteiger partial charge in [0.15, 0.2) is 5.70 Å². The summed E-state index contributed by atoms with van der Waals surface area (Å²) in [7, 11) is -3.61. The number of benzene rings is 2. The number of sulfonamides is 1. The van der Waals surface area contributed by atoms with Crippen molar-refractivity contribution >= 4 is 45.3 Å². The Morgan fingerprint density at radius 1 is 1.16 bits per heavy atom. The van der Waals surface area contributed by atoms with Gasteiger partial charge in [-0.1, -0.05) is 31.5 Å². The SMILES string of the molecule is CCN(CC)S(=O)(=O)c1ccc(C2=N/C(=C\c3ccc(Cl)c([N+](=O)[O-])c3)C(=O)O2)cc1. The van der Waals surface area contributed by atoms with Crippen molar-refractivity contribution in [2.75, 3.05) is 13.1 Å². The lowest BCUT2D eigenvalue weighted by molar-refractivity contribution is -0.384. The monoisotopic (exact) mass is 463 g/mol. The summed E-state index contributed by atoms with van der Waals surface area (Å²) in [6, 6.07) is 9.93. The zero-order valence-corrected chi connectivity index (χ0v) is 18.2. The maximum atomic E-state index is 12.6. The number of nitro groups is 1. The number of aliphatic imine (C=N–C) groups is 1. The average Bonchev–Trinajstić information content (AvgIpc) is 3.10. The molecule has 2 aromatic carbocycles. The van der Waals surface area contributed by atoms with Crippen LogP contribution in [-0.4, -0.2) is 42.6 Å². The van der Waals surface area contributed by atoms with Crippen LogP contribution in [-0.2, 0) is 19.6 Å². The Morgan fingerprint density at radius 3 is 2.39 bits per heavy atom. The highest BCUT2D eigenvalue weighted by atomic mass is 35.5. The van der Waals surface area contributed by atoms with E-state index in [0.717, 1.165) is 0 Å². The van der Waals surface area contributed by atoms with Crippen molar-refractivity contribution in [2.45, 2.75) is 18.7 Å². The molecule has 162 valence electrons. The minimum absolute atomic E-state index is 0.00602. The van der Waals surface area contributed by atoms with Gasteiger partial charge in [0.1, 0.15) is 5.02 Å². The molecule has 0 bridgehead atoms. The highest BCUT2D eigenvalue weighted by Gasteiger charge is 2.26. The molecule has 0 saturated carbocycles. The van der Waals surface area contributed by atoms with E-state index in [2.05, 4.69) is 4.99 Å². The van der Waals surface area contributed by atoms with Gasteiger partial charge in [-0.05, 0) is 42.0 Å². The Kier molecular flexibility index (Phi) is 6.54. The first-order chi connectivity index (χ1) is 14.7. The van der Waals surface area contributed by atoms with E-state index in [1.165, 1.54) is 52.8 Å². The molecule has 3 rings (SSSR count). The molecule has 1 aliphatic rings. The number of ether oxygens (including phenoxy) is 1. The molecule has 1 heterocycles. The molecular formula is C20H18ClN3O6S. The highest BCUT2D eigenvalue weighted by molar-refractivity contribution is 7.89. The van der Waals surface area contributed by atoms with Gasteiger partial charge >= 0.3 is 5.97 Å². The molecule has 0 N–H and O–H groups in total. The largest absolute Gasteiger partial charge is 0.402 e. The van der Waals surface area contributed by atoms with Crippen LogP contribution in [0.15, 0.2) is 58.0 Å². The fourth-order valence-corrected chi connectivity index (χ4v) is 4.58. The van der Waals surface area contributed by atoms with Crippen molar-refractivity contribution in [3.8, 4) is 0 Å². The number of hydrogen-bond donors (Lipinski definition) is 0. The standard InChI is InChI=1S/C20H18ClN3O6S/c1-3-23(4-2)31(28,29)15-8-6-14(7-9-15)19-22-17(20(25)30-19)11-13-5-10-16(21)18(12-13)24(26)27/h5-12H,3-4H2,1-2H3/b17-11-. The van der Waals surface area contributed by atoms with Gasteiger partial charge in [-0.3, -0.25) is 10.1 Å². The maximum absolute atomic E-state index is 12.6. The summed E-state index contributed by atoms with van der Waals surface area (Å²) in [6.45, 7) is 4.21. The summed E-state index contributed by atoms with van der Waals surface area (Å²) < 4.78 is 31.7. The van der Waals surface area contributed by atoms with Crippen LogP contribution in [0, 0.1) is 10.1 Å². The summed E-state index contributed by atoms with van der Waals surface area (Å²) in [5.41, 5.74) is 0.425. The summed E-state index contributed by atoms with van der Waals surface area (Å²) in [5, 5.41) is 11.0. The first-order valence-corrected chi connectivity index (χ1v) is 11.1. The van der Waals surface area contributed by atoms with E-state index in [1.54, 1.807) is 13.8 Å². The third kappa shape index (κ3) is 4.66.